The summed E-state index contributed by atoms with van der Waals surface area (Å²) in [4.78, 5) is 37.2. The van der Waals surface area contributed by atoms with Crippen molar-refractivity contribution >= 4 is 22.9 Å². The van der Waals surface area contributed by atoms with E-state index in [-0.39, 0.29) is 17.8 Å². The Bertz CT molecular complexity index is 1360. The van der Waals surface area contributed by atoms with Crippen molar-refractivity contribution in [2.45, 2.75) is 19.8 Å². The topological polar surface area (TPSA) is 72.4 Å². The van der Waals surface area contributed by atoms with E-state index in [0.29, 0.717) is 30.8 Å². The first-order valence-electron chi connectivity index (χ1n) is 12.0. The van der Waals surface area contributed by atoms with Crippen molar-refractivity contribution in [2.24, 2.45) is 5.92 Å². The third-order valence-corrected chi connectivity index (χ3v) is 6.33. The number of nitrogens with zero attached hydrogens (tertiary/aromatic N) is 3. The predicted octanol–water partition coefficient (Wildman–Crippen LogP) is 5.38. The molecule has 0 radical (unpaired) electrons. The standard InChI is InChI=1S/C29H27N3O3/c1-2-35-29(34)23-14-9-17-32(19-23)28(33)22-15-16-24-25(18-22)31-27(21-12-7-4-8-13-21)26(30-24)20-10-5-3-6-11-20/h3-8,10-13,15-16,18,23H,2,9,14,17,19H2,1H3/t23-/m1/s1. The van der Waals surface area contributed by atoms with Gasteiger partial charge in [0.15, 0.2) is 0 Å². The zero-order chi connectivity index (χ0) is 24.2. The second kappa shape index (κ2) is 10.1. The molecular weight excluding hydrogens is 438 g/mol. The first-order chi connectivity index (χ1) is 17.1. The molecule has 1 fully saturated rings. The van der Waals surface area contributed by atoms with Crippen molar-refractivity contribution in [2.75, 3.05) is 19.7 Å². The van der Waals surface area contributed by atoms with Crippen LogP contribution in [0.4, 0.5) is 0 Å². The normalized spacial score (nSPS) is 15.7. The molecule has 6 heteroatoms. The number of hydrogen-bond acceptors (Lipinski definition) is 5. The van der Waals surface area contributed by atoms with Gasteiger partial charge in [0.1, 0.15) is 0 Å². The highest BCUT2D eigenvalue weighted by Crippen LogP contribution is 2.31. The lowest BCUT2D eigenvalue weighted by atomic mass is 9.97. The number of rotatable bonds is 5. The second-order valence-electron chi connectivity index (χ2n) is 8.70. The molecule has 0 aliphatic carbocycles. The molecule has 0 bridgehead atoms. The summed E-state index contributed by atoms with van der Waals surface area (Å²) in [7, 11) is 0. The number of fused-ring (bicyclic) bond motifs is 1. The van der Waals surface area contributed by atoms with Gasteiger partial charge in [-0.05, 0) is 38.0 Å². The SMILES string of the molecule is CCOC(=O)[C@@H]1CCCN(C(=O)c2ccc3nc(-c4ccccc4)c(-c4ccccc4)nc3c2)C1. The Kier molecular flexibility index (Phi) is 6.53. The molecule has 0 spiro atoms. The molecule has 1 aliphatic rings. The average molecular weight is 466 g/mol. The van der Waals surface area contributed by atoms with Gasteiger partial charge in [0.05, 0.1) is 34.9 Å². The summed E-state index contributed by atoms with van der Waals surface area (Å²) in [5.41, 5.74) is 5.45. The van der Waals surface area contributed by atoms with Crippen LogP contribution in [-0.4, -0.2) is 46.4 Å². The van der Waals surface area contributed by atoms with E-state index in [4.69, 9.17) is 14.7 Å². The summed E-state index contributed by atoms with van der Waals surface area (Å²) in [5.74, 6) is -0.600. The molecule has 1 amide bonds. The van der Waals surface area contributed by atoms with E-state index in [1.165, 1.54) is 0 Å². The van der Waals surface area contributed by atoms with Crippen molar-refractivity contribution in [1.29, 1.82) is 0 Å². The zero-order valence-electron chi connectivity index (χ0n) is 19.7. The Morgan fingerprint density at radius 3 is 2.14 bits per heavy atom. The fourth-order valence-electron chi connectivity index (χ4n) is 4.58. The van der Waals surface area contributed by atoms with Crippen LogP contribution in [0.1, 0.15) is 30.1 Å². The predicted molar refractivity (Wildman–Crippen MR) is 136 cm³/mol. The van der Waals surface area contributed by atoms with Crippen molar-refractivity contribution in [3.05, 3.63) is 84.4 Å². The first kappa shape index (κ1) is 22.7. The van der Waals surface area contributed by atoms with Crippen LogP contribution in [0.15, 0.2) is 78.9 Å². The molecule has 4 aromatic rings. The molecule has 2 heterocycles. The van der Waals surface area contributed by atoms with E-state index in [1.807, 2.05) is 66.7 Å². The average Bonchev–Trinajstić information content (AvgIpc) is 2.93. The number of carbonyl (C=O) groups is 2. The highest BCUT2D eigenvalue weighted by molar-refractivity contribution is 5.98. The molecule has 176 valence electrons. The summed E-state index contributed by atoms with van der Waals surface area (Å²) in [5, 5.41) is 0. The van der Waals surface area contributed by atoms with Gasteiger partial charge >= 0.3 is 5.97 Å². The van der Waals surface area contributed by atoms with Crippen LogP contribution in [0.2, 0.25) is 0 Å². The van der Waals surface area contributed by atoms with Crippen LogP contribution in [0, 0.1) is 5.92 Å². The van der Waals surface area contributed by atoms with E-state index in [1.54, 1.807) is 24.0 Å². The molecule has 0 N–H and O–H groups in total. The Morgan fingerprint density at radius 2 is 1.51 bits per heavy atom. The number of ether oxygens (including phenoxy) is 1. The summed E-state index contributed by atoms with van der Waals surface area (Å²) >= 11 is 0. The number of carbonyl (C=O) groups excluding carboxylic acids is 2. The summed E-state index contributed by atoms with van der Waals surface area (Å²) in [6.07, 6.45) is 1.52. The Morgan fingerprint density at radius 1 is 0.886 bits per heavy atom. The van der Waals surface area contributed by atoms with Crippen molar-refractivity contribution in [3.63, 3.8) is 0 Å². The van der Waals surface area contributed by atoms with Crippen LogP contribution in [-0.2, 0) is 9.53 Å². The summed E-state index contributed by atoms with van der Waals surface area (Å²) in [6, 6.07) is 25.4. The molecule has 1 saturated heterocycles. The molecule has 1 atom stereocenters. The first-order valence-corrected chi connectivity index (χ1v) is 12.0. The smallest absolute Gasteiger partial charge is 0.310 e. The lowest BCUT2D eigenvalue weighted by Gasteiger charge is -2.31. The maximum absolute atomic E-state index is 13.3. The van der Waals surface area contributed by atoms with Gasteiger partial charge in [-0.2, -0.15) is 0 Å². The molecule has 1 aromatic heterocycles. The maximum atomic E-state index is 13.3. The van der Waals surface area contributed by atoms with Crippen LogP contribution in [0.25, 0.3) is 33.5 Å². The minimum absolute atomic E-state index is 0.101. The van der Waals surface area contributed by atoms with Gasteiger partial charge in [-0.25, -0.2) is 9.97 Å². The van der Waals surface area contributed by atoms with Gasteiger partial charge in [0, 0.05) is 29.8 Å². The lowest BCUT2D eigenvalue weighted by molar-refractivity contribution is -0.149. The summed E-state index contributed by atoms with van der Waals surface area (Å²) in [6.45, 7) is 3.15. The highest BCUT2D eigenvalue weighted by Gasteiger charge is 2.30. The Hall–Kier alpha value is -4.06. The van der Waals surface area contributed by atoms with Gasteiger partial charge in [0.25, 0.3) is 5.91 Å². The number of aromatic nitrogens is 2. The fourth-order valence-corrected chi connectivity index (χ4v) is 4.58. The van der Waals surface area contributed by atoms with Crippen molar-refractivity contribution in [1.82, 2.24) is 14.9 Å². The van der Waals surface area contributed by atoms with Gasteiger partial charge in [-0.3, -0.25) is 9.59 Å². The third-order valence-electron chi connectivity index (χ3n) is 6.33. The van der Waals surface area contributed by atoms with Crippen molar-refractivity contribution in [3.8, 4) is 22.5 Å². The van der Waals surface area contributed by atoms with E-state index >= 15 is 0 Å². The van der Waals surface area contributed by atoms with Crippen LogP contribution in [0.3, 0.4) is 0 Å². The van der Waals surface area contributed by atoms with E-state index in [2.05, 4.69) is 0 Å². The largest absolute Gasteiger partial charge is 0.466 e. The number of hydrogen-bond donors (Lipinski definition) is 0. The molecule has 0 unspecified atom stereocenters. The molecule has 3 aromatic carbocycles. The number of likely N-dealkylation sites (tertiary alicyclic amines) is 1. The molecule has 35 heavy (non-hydrogen) atoms. The van der Waals surface area contributed by atoms with Gasteiger partial charge in [0.2, 0.25) is 0 Å². The van der Waals surface area contributed by atoms with Gasteiger partial charge < -0.3 is 9.64 Å². The Labute approximate surface area is 204 Å². The molecule has 0 saturated carbocycles. The second-order valence-corrected chi connectivity index (χ2v) is 8.70. The minimum atomic E-state index is -0.272. The Balaban J connectivity index is 1.51. The maximum Gasteiger partial charge on any atom is 0.310 e. The molecular formula is C29H27N3O3. The third kappa shape index (κ3) is 4.78. The number of esters is 1. The zero-order valence-corrected chi connectivity index (χ0v) is 19.7. The minimum Gasteiger partial charge on any atom is -0.466 e. The fraction of sp³-hybridized carbons (Fsp3) is 0.241. The van der Waals surface area contributed by atoms with Crippen LogP contribution >= 0.6 is 0 Å². The number of piperidine rings is 1. The van der Waals surface area contributed by atoms with Crippen molar-refractivity contribution < 1.29 is 14.3 Å². The molecule has 6 nitrogen and oxygen atoms in total. The van der Waals surface area contributed by atoms with Crippen LogP contribution < -0.4 is 0 Å². The van der Waals surface area contributed by atoms with Gasteiger partial charge in [-0.15, -0.1) is 0 Å². The van der Waals surface area contributed by atoms with E-state index in [0.717, 1.165) is 40.9 Å². The number of benzene rings is 3. The molecule has 5 rings (SSSR count). The molecule has 1 aliphatic heterocycles. The van der Waals surface area contributed by atoms with E-state index in [9.17, 15) is 9.59 Å². The summed E-state index contributed by atoms with van der Waals surface area (Å²) < 4.78 is 5.18. The van der Waals surface area contributed by atoms with Crippen LogP contribution in [0.5, 0.6) is 0 Å². The highest BCUT2D eigenvalue weighted by atomic mass is 16.5. The van der Waals surface area contributed by atoms with E-state index < -0.39 is 0 Å². The quantitative estimate of drug-likeness (QED) is 0.370. The van der Waals surface area contributed by atoms with Gasteiger partial charge in [-0.1, -0.05) is 60.7 Å². The monoisotopic (exact) mass is 465 g/mol. The lowest BCUT2D eigenvalue weighted by Crippen LogP contribution is -2.42. The number of amides is 1.